The summed E-state index contributed by atoms with van der Waals surface area (Å²) in [5, 5.41) is 7.42. The van der Waals surface area contributed by atoms with Crippen LogP contribution < -0.4 is 0 Å². The average Bonchev–Trinajstić information content (AvgIpc) is 2.91. The topological polar surface area (TPSA) is 41.6 Å². The van der Waals surface area contributed by atoms with E-state index in [-0.39, 0.29) is 0 Å². The molecule has 3 aromatic rings. The second kappa shape index (κ2) is 5.36. The molecular formula is C15H12BrN3. The Morgan fingerprint density at radius 1 is 1.00 bits per heavy atom. The predicted molar refractivity (Wildman–Crippen MR) is 78.8 cm³/mol. The Kier molecular flexibility index (Phi) is 3.42. The van der Waals surface area contributed by atoms with Crippen LogP contribution in [-0.2, 0) is 6.42 Å². The van der Waals surface area contributed by atoms with Gasteiger partial charge in [-0.05, 0) is 35.9 Å². The number of benzene rings is 1. The summed E-state index contributed by atoms with van der Waals surface area (Å²) in [7, 11) is 0. The van der Waals surface area contributed by atoms with E-state index in [4.69, 9.17) is 0 Å². The minimum atomic E-state index is 0.853. The Bertz CT molecular complexity index is 659. The SMILES string of the molecule is Brc1ccc(Cc2cc(-c3ccncc3)n[nH]2)cc1. The van der Waals surface area contributed by atoms with Crippen molar-refractivity contribution in [2.24, 2.45) is 0 Å². The molecule has 0 aliphatic heterocycles. The van der Waals surface area contributed by atoms with Crippen molar-refractivity contribution in [2.45, 2.75) is 6.42 Å². The molecule has 19 heavy (non-hydrogen) atoms. The molecule has 0 radical (unpaired) electrons. The average molecular weight is 314 g/mol. The number of pyridine rings is 1. The van der Waals surface area contributed by atoms with Crippen molar-refractivity contribution < 1.29 is 0 Å². The van der Waals surface area contributed by atoms with Crippen LogP contribution in [0.2, 0.25) is 0 Å². The Morgan fingerprint density at radius 3 is 2.47 bits per heavy atom. The Hall–Kier alpha value is -1.94. The molecule has 0 saturated heterocycles. The maximum absolute atomic E-state index is 4.34. The summed E-state index contributed by atoms with van der Waals surface area (Å²) in [5.74, 6) is 0. The predicted octanol–water partition coefficient (Wildman–Crippen LogP) is 3.83. The number of nitrogens with zero attached hydrogens (tertiary/aromatic N) is 2. The third-order valence-corrected chi connectivity index (χ3v) is 3.44. The van der Waals surface area contributed by atoms with Gasteiger partial charge in [0.1, 0.15) is 0 Å². The highest BCUT2D eigenvalue weighted by atomic mass is 79.9. The van der Waals surface area contributed by atoms with E-state index < -0.39 is 0 Å². The zero-order valence-corrected chi connectivity index (χ0v) is 11.8. The van der Waals surface area contributed by atoms with E-state index >= 15 is 0 Å². The number of nitrogens with one attached hydrogen (secondary N) is 1. The Labute approximate surface area is 119 Å². The van der Waals surface area contributed by atoms with Crippen LogP contribution in [0.4, 0.5) is 0 Å². The maximum atomic E-state index is 4.34. The third-order valence-electron chi connectivity index (χ3n) is 2.91. The van der Waals surface area contributed by atoms with Crippen LogP contribution in [0.25, 0.3) is 11.3 Å². The lowest BCUT2D eigenvalue weighted by atomic mass is 10.1. The van der Waals surface area contributed by atoms with Crippen molar-refractivity contribution >= 4 is 15.9 Å². The number of rotatable bonds is 3. The zero-order valence-electron chi connectivity index (χ0n) is 10.2. The van der Waals surface area contributed by atoms with Crippen LogP contribution in [0.15, 0.2) is 59.3 Å². The highest BCUT2D eigenvalue weighted by molar-refractivity contribution is 9.10. The van der Waals surface area contributed by atoms with Gasteiger partial charge in [-0.25, -0.2) is 0 Å². The summed E-state index contributed by atoms with van der Waals surface area (Å²) >= 11 is 3.44. The fourth-order valence-corrected chi connectivity index (χ4v) is 2.21. The molecule has 94 valence electrons. The van der Waals surface area contributed by atoms with Crippen LogP contribution >= 0.6 is 15.9 Å². The van der Waals surface area contributed by atoms with E-state index in [0.29, 0.717) is 0 Å². The second-order valence-electron chi connectivity index (χ2n) is 4.32. The van der Waals surface area contributed by atoms with Crippen LogP contribution in [0.3, 0.4) is 0 Å². The molecule has 3 nitrogen and oxygen atoms in total. The zero-order chi connectivity index (χ0) is 13.1. The lowest BCUT2D eigenvalue weighted by molar-refractivity contribution is 0.998. The second-order valence-corrected chi connectivity index (χ2v) is 5.23. The smallest absolute Gasteiger partial charge is 0.0924 e. The summed E-state index contributed by atoms with van der Waals surface area (Å²) in [6.07, 6.45) is 4.40. The molecule has 0 bridgehead atoms. The van der Waals surface area contributed by atoms with Crippen molar-refractivity contribution in [3.8, 4) is 11.3 Å². The van der Waals surface area contributed by atoms with Crippen LogP contribution in [0.1, 0.15) is 11.3 Å². The van der Waals surface area contributed by atoms with Gasteiger partial charge >= 0.3 is 0 Å². The molecule has 0 spiro atoms. The maximum Gasteiger partial charge on any atom is 0.0924 e. The van der Waals surface area contributed by atoms with Gasteiger partial charge in [0.25, 0.3) is 0 Å². The lowest BCUT2D eigenvalue weighted by Gasteiger charge is -1.98. The molecule has 4 heteroatoms. The standard InChI is InChI=1S/C15H12BrN3/c16-13-3-1-11(2-4-13)9-14-10-15(19-18-14)12-5-7-17-8-6-12/h1-8,10H,9H2,(H,18,19). The van der Waals surface area contributed by atoms with Gasteiger partial charge in [0.15, 0.2) is 0 Å². The summed E-state index contributed by atoms with van der Waals surface area (Å²) < 4.78 is 1.10. The Balaban J connectivity index is 1.80. The van der Waals surface area contributed by atoms with E-state index in [2.05, 4.69) is 61.4 Å². The van der Waals surface area contributed by atoms with E-state index in [1.54, 1.807) is 12.4 Å². The van der Waals surface area contributed by atoms with Gasteiger partial charge in [-0.2, -0.15) is 5.10 Å². The van der Waals surface area contributed by atoms with Gasteiger partial charge in [-0.3, -0.25) is 10.1 Å². The molecule has 0 unspecified atom stereocenters. The number of aromatic nitrogens is 3. The first kappa shape index (κ1) is 12.1. The first-order chi connectivity index (χ1) is 9.31. The number of H-pyrrole nitrogens is 1. The quantitative estimate of drug-likeness (QED) is 0.798. The summed E-state index contributed by atoms with van der Waals surface area (Å²) in [6.45, 7) is 0. The summed E-state index contributed by atoms with van der Waals surface area (Å²) in [6, 6.07) is 14.3. The largest absolute Gasteiger partial charge is 0.282 e. The van der Waals surface area contributed by atoms with Gasteiger partial charge in [-0.1, -0.05) is 28.1 Å². The van der Waals surface area contributed by atoms with E-state index in [1.165, 1.54) is 5.56 Å². The molecule has 1 N–H and O–H groups in total. The van der Waals surface area contributed by atoms with Crippen molar-refractivity contribution in [3.05, 3.63) is 70.6 Å². The van der Waals surface area contributed by atoms with Gasteiger partial charge in [0.2, 0.25) is 0 Å². The van der Waals surface area contributed by atoms with Gasteiger partial charge in [0.05, 0.1) is 5.69 Å². The molecule has 0 amide bonds. The summed E-state index contributed by atoms with van der Waals surface area (Å²) in [4.78, 5) is 4.01. The van der Waals surface area contributed by atoms with E-state index in [0.717, 1.165) is 27.8 Å². The van der Waals surface area contributed by atoms with Crippen molar-refractivity contribution in [1.82, 2.24) is 15.2 Å². The van der Waals surface area contributed by atoms with Gasteiger partial charge in [-0.15, -0.1) is 0 Å². The van der Waals surface area contributed by atoms with Crippen molar-refractivity contribution in [3.63, 3.8) is 0 Å². The van der Waals surface area contributed by atoms with Gasteiger partial charge in [0, 0.05) is 34.5 Å². The summed E-state index contributed by atoms with van der Waals surface area (Å²) in [5.41, 5.74) is 4.39. The molecule has 0 atom stereocenters. The minimum Gasteiger partial charge on any atom is -0.282 e. The number of aromatic amines is 1. The fraction of sp³-hybridized carbons (Fsp3) is 0.0667. The van der Waals surface area contributed by atoms with Crippen LogP contribution in [0.5, 0.6) is 0 Å². The number of halogens is 1. The Morgan fingerprint density at radius 2 is 1.74 bits per heavy atom. The number of hydrogen-bond acceptors (Lipinski definition) is 2. The van der Waals surface area contributed by atoms with Crippen molar-refractivity contribution in [2.75, 3.05) is 0 Å². The number of hydrogen-bond donors (Lipinski definition) is 1. The molecule has 3 rings (SSSR count). The molecule has 2 heterocycles. The van der Waals surface area contributed by atoms with Gasteiger partial charge < -0.3 is 0 Å². The fourth-order valence-electron chi connectivity index (χ4n) is 1.94. The van der Waals surface area contributed by atoms with Crippen LogP contribution in [-0.4, -0.2) is 15.2 Å². The highest BCUT2D eigenvalue weighted by Gasteiger charge is 2.04. The normalized spacial score (nSPS) is 10.6. The van der Waals surface area contributed by atoms with E-state index in [1.807, 2.05) is 12.1 Å². The molecule has 0 aliphatic carbocycles. The molecule has 0 aliphatic rings. The lowest BCUT2D eigenvalue weighted by Crippen LogP contribution is -1.87. The molecule has 2 aromatic heterocycles. The molecule has 0 fully saturated rings. The first-order valence-corrected chi connectivity index (χ1v) is 6.80. The first-order valence-electron chi connectivity index (χ1n) is 6.00. The molecular weight excluding hydrogens is 302 g/mol. The minimum absolute atomic E-state index is 0.853. The third kappa shape index (κ3) is 2.90. The monoisotopic (exact) mass is 313 g/mol. The molecule has 0 saturated carbocycles. The highest BCUT2D eigenvalue weighted by Crippen LogP contribution is 2.18. The van der Waals surface area contributed by atoms with E-state index in [9.17, 15) is 0 Å². The van der Waals surface area contributed by atoms with Crippen LogP contribution in [0, 0.1) is 0 Å². The molecule has 1 aromatic carbocycles. The van der Waals surface area contributed by atoms with Crippen molar-refractivity contribution in [1.29, 1.82) is 0 Å².